The van der Waals surface area contributed by atoms with Crippen molar-refractivity contribution in [2.45, 2.75) is 19.0 Å². The lowest BCUT2D eigenvalue weighted by Gasteiger charge is -2.21. The van der Waals surface area contributed by atoms with Crippen molar-refractivity contribution in [1.29, 1.82) is 0 Å². The van der Waals surface area contributed by atoms with Gasteiger partial charge in [0, 0.05) is 18.0 Å². The van der Waals surface area contributed by atoms with Gasteiger partial charge >= 0.3 is 5.97 Å². The van der Waals surface area contributed by atoms with Crippen LogP contribution in [0.2, 0.25) is 5.02 Å². The lowest BCUT2D eigenvalue weighted by atomic mass is 10.1. The number of hydrogen-bond acceptors (Lipinski definition) is 3. The van der Waals surface area contributed by atoms with Crippen molar-refractivity contribution in [3.63, 3.8) is 0 Å². The highest BCUT2D eigenvalue weighted by molar-refractivity contribution is 6.31. The van der Waals surface area contributed by atoms with Gasteiger partial charge in [-0.3, -0.25) is 9.69 Å². The molecule has 1 aromatic carbocycles. The summed E-state index contributed by atoms with van der Waals surface area (Å²) in [7, 11) is 1.92. The van der Waals surface area contributed by atoms with E-state index in [9.17, 15) is 4.79 Å². The van der Waals surface area contributed by atoms with E-state index in [1.54, 1.807) is 0 Å². The van der Waals surface area contributed by atoms with E-state index in [-0.39, 0.29) is 12.0 Å². The Kier molecular flexibility index (Phi) is 3.46. The highest BCUT2D eigenvalue weighted by Gasteiger charge is 2.30. The summed E-state index contributed by atoms with van der Waals surface area (Å²) in [5.41, 5.74) is 1.03. The summed E-state index contributed by atoms with van der Waals surface area (Å²) in [5, 5.41) is 0.737. The van der Waals surface area contributed by atoms with Crippen LogP contribution in [0.5, 0.6) is 0 Å². The SMILES string of the molecule is CN(Cc1ccccc1Cl)[C@H]1CCOC1=O. The quantitative estimate of drug-likeness (QED) is 0.757. The summed E-state index contributed by atoms with van der Waals surface area (Å²) < 4.78 is 4.94. The fourth-order valence-electron chi connectivity index (χ4n) is 1.89. The second kappa shape index (κ2) is 4.85. The molecule has 0 bridgehead atoms. The third kappa shape index (κ3) is 2.36. The second-order valence-corrected chi connectivity index (χ2v) is 4.39. The number of carbonyl (C=O) groups is 1. The Bertz CT molecular complexity index is 394. The minimum Gasteiger partial charge on any atom is -0.464 e. The smallest absolute Gasteiger partial charge is 0.323 e. The molecule has 0 N–H and O–H groups in total. The first-order valence-corrected chi connectivity index (χ1v) is 5.66. The van der Waals surface area contributed by atoms with Crippen LogP contribution in [0.15, 0.2) is 24.3 Å². The van der Waals surface area contributed by atoms with Crippen molar-refractivity contribution in [2.75, 3.05) is 13.7 Å². The van der Waals surface area contributed by atoms with Crippen molar-refractivity contribution in [3.05, 3.63) is 34.9 Å². The van der Waals surface area contributed by atoms with Gasteiger partial charge in [-0.1, -0.05) is 29.8 Å². The van der Waals surface area contributed by atoms with E-state index in [1.165, 1.54) is 0 Å². The molecule has 1 aliphatic rings. The van der Waals surface area contributed by atoms with E-state index < -0.39 is 0 Å². The van der Waals surface area contributed by atoms with E-state index in [0.29, 0.717) is 13.2 Å². The average molecular weight is 240 g/mol. The van der Waals surface area contributed by atoms with Gasteiger partial charge in [0.25, 0.3) is 0 Å². The van der Waals surface area contributed by atoms with Gasteiger partial charge in [-0.2, -0.15) is 0 Å². The van der Waals surface area contributed by atoms with Crippen LogP contribution in [-0.2, 0) is 16.1 Å². The molecule has 16 heavy (non-hydrogen) atoms. The predicted octanol–water partition coefficient (Wildman–Crippen LogP) is 2.09. The lowest BCUT2D eigenvalue weighted by Crippen LogP contribution is -2.34. The molecule has 0 radical (unpaired) electrons. The van der Waals surface area contributed by atoms with Crippen LogP contribution in [0.25, 0.3) is 0 Å². The zero-order valence-electron chi connectivity index (χ0n) is 9.15. The minimum absolute atomic E-state index is 0.128. The summed E-state index contributed by atoms with van der Waals surface area (Å²) in [6, 6.07) is 7.55. The van der Waals surface area contributed by atoms with Gasteiger partial charge < -0.3 is 4.74 Å². The maximum atomic E-state index is 11.4. The molecule has 0 aliphatic carbocycles. The van der Waals surface area contributed by atoms with Gasteiger partial charge in [0.15, 0.2) is 0 Å². The molecule has 0 spiro atoms. The molecule has 1 atom stereocenters. The molecular weight excluding hydrogens is 226 g/mol. The lowest BCUT2D eigenvalue weighted by molar-refractivity contribution is -0.142. The molecule has 4 heteroatoms. The van der Waals surface area contributed by atoms with Crippen molar-refractivity contribution in [1.82, 2.24) is 4.90 Å². The van der Waals surface area contributed by atoms with Crippen molar-refractivity contribution in [2.24, 2.45) is 0 Å². The van der Waals surface area contributed by atoms with Crippen LogP contribution in [0.4, 0.5) is 0 Å². The number of ether oxygens (including phenoxy) is 1. The monoisotopic (exact) mass is 239 g/mol. The van der Waals surface area contributed by atoms with Crippen LogP contribution in [0.3, 0.4) is 0 Å². The third-order valence-electron chi connectivity index (χ3n) is 2.82. The Morgan fingerprint density at radius 2 is 2.25 bits per heavy atom. The molecule has 1 aromatic rings. The van der Waals surface area contributed by atoms with E-state index >= 15 is 0 Å². The largest absolute Gasteiger partial charge is 0.464 e. The zero-order chi connectivity index (χ0) is 11.5. The van der Waals surface area contributed by atoms with Crippen LogP contribution in [0, 0.1) is 0 Å². The molecule has 1 fully saturated rings. The number of likely N-dealkylation sites (N-methyl/N-ethyl adjacent to an activating group) is 1. The van der Waals surface area contributed by atoms with Crippen LogP contribution in [0.1, 0.15) is 12.0 Å². The van der Waals surface area contributed by atoms with Crippen molar-refractivity contribution < 1.29 is 9.53 Å². The molecular formula is C12H14ClNO2. The number of esters is 1. The van der Waals surface area contributed by atoms with Gasteiger partial charge in [0.05, 0.1) is 6.61 Å². The zero-order valence-corrected chi connectivity index (χ0v) is 9.91. The number of rotatable bonds is 3. The highest BCUT2D eigenvalue weighted by atomic mass is 35.5. The predicted molar refractivity (Wildman–Crippen MR) is 62.3 cm³/mol. The van der Waals surface area contributed by atoms with Gasteiger partial charge in [-0.15, -0.1) is 0 Å². The molecule has 2 rings (SSSR count). The van der Waals surface area contributed by atoms with Gasteiger partial charge in [-0.25, -0.2) is 0 Å². The van der Waals surface area contributed by atoms with Crippen LogP contribution in [-0.4, -0.2) is 30.6 Å². The minimum atomic E-state index is -0.130. The molecule has 0 amide bonds. The summed E-state index contributed by atoms with van der Waals surface area (Å²) in [4.78, 5) is 13.4. The topological polar surface area (TPSA) is 29.5 Å². The summed E-state index contributed by atoms with van der Waals surface area (Å²) in [6.45, 7) is 1.19. The summed E-state index contributed by atoms with van der Waals surface area (Å²) in [5.74, 6) is -0.130. The number of carbonyl (C=O) groups excluding carboxylic acids is 1. The Morgan fingerprint density at radius 3 is 2.88 bits per heavy atom. The number of cyclic esters (lactones) is 1. The first-order chi connectivity index (χ1) is 7.68. The summed E-state index contributed by atoms with van der Waals surface area (Å²) >= 11 is 6.07. The number of benzene rings is 1. The summed E-state index contributed by atoms with van der Waals surface area (Å²) in [6.07, 6.45) is 0.764. The van der Waals surface area contributed by atoms with E-state index in [2.05, 4.69) is 0 Å². The fraction of sp³-hybridized carbons (Fsp3) is 0.417. The third-order valence-corrected chi connectivity index (χ3v) is 3.19. The van der Waals surface area contributed by atoms with E-state index in [4.69, 9.17) is 16.3 Å². The average Bonchev–Trinajstić information content (AvgIpc) is 2.68. The molecule has 0 saturated carbocycles. The molecule has 3 nitrogen and oxygen atoms in total. The van der Waals surface area contributed by atoms with Gasteiger partial charge in [0.2, 0.25) is 0 Å². The Morgan fingerprint density at radius 1 is 1.50 bits per heavy atom. The number of nitrogens with zero attached hydrogens (tertiary/aromatic N) is 1. The maximum Gasteiger partial charge on any atom is 0.323 e. The second-order valence-electron chi connectivity index (χ2n) is 3.98. The van der Waals surface area contributed by atoms with Crippen molar-refractivity contribution in [3.8, 4) is 0 Å². The number of halogens is 1. The molecule has 86 valence electrons. The van der Waals surface area contributed by atoms with Gasteiger partial charge in [0.1, 0.15) is 6.04 Å². The standard InChI is InChI=1S/C12H14ClNO2/c1-14(11-6-7-16-12(11)15)8-9-4-2-3-5-10(9)13/h2-5,11H,6-8H2,1H3/t11-/m0/s1. The Hall–Kier alpha value is -1.06. The fourth-order valence-corrected chi connectivity index (χ4v) is 2.09. The Labute approximate surface area is 100.0 Å². The number of hydrogen-bond donors (Lipinski definition) is 0. The molecule has 1 aliphatic heterocycles. The van der Waals surface area contributed by atoms with Crippen LogP contribution >= 0.6 is 11.6 Å². The highest BCUT2D eigenvalue weighted by Crippen LogP contribution is 2.20. The van der Waals surface area contributed by atoms with E-state index in [0.717, 1.165) is 17.0 Å². The van der Waals surface area contributed by atoms with E-state index in [1.807, 2.05) is 36.2 Å². The first kappa shape index (κ1) is 11.4. The molecule has 1 saturated heterocycles. The van der Waals surface area contributed by atoms with Crippen molar-refractivity contribution >= 4 is 17.6 Å². The Balaban J connectivity index is 2.04. The first-order valence-electron chi connectivity index (χ1n) is 5.29. The normalized spacial score (nSPS) is 20.2. The molecule has 1 heterocycles. The molecule has 0 unspecified atom stereocenters. The van der Waals surface area contributed by atoms with Crippen LogP contribution < -0.4 is 0 Å². The van der Waals surface area contributed by atoms with Gasteiger partial charge in [-0.05, 0) is 18.7 Å². The maximum absolute atomic E-state index is 11.4. The molecule has 0 aromatic heterocycles.